The Balaban J connectivity index is 0.00000274. The van der Waals surface area contributed by atoms with Crippen LogP contribution in [0.25, 0.3) is 5.32 Å². The molecule has 5 rings (SSSR count). The maximum absolute atomic E-state index is 13.6. The monoisotopic (exact) mass is 484 g/mol. The van der Waals surface area contributed by atoms with E-state index in [9.17, 15) is 22.4 Å². The van der Waals surface area contributed by atoms with Crippen LogP contribution < -0.4 is 34.5 Å². The molecule has 0 saturated carbocycles. The number of aryl methyl sites for hydroxylation is 1. The molecule has 3 aromatic rings. The molecular formula is C25H18FN2NaO4S. The van der Waals surface area contributed by atoms with Gasteiger partial charge in [-0.05, 0) is 42.8 Å². The average Bonchev–Trinajstić information content (AvgIpc) is 2.78. The van der Waals surface area contributed by atoms with Gasteiger partial charge in [-0.2, -0.15) is 0 Å². The van der Waals surface area contributed by atoms with E-state index in [4.69, 9.17) is 0 Å². The first-order valence-electron chi connectivity index (χ1n) is 10.2. The van der Waals surface area contributed by atoms with Crippen molar-refractivity contribution in [2.45, 2.75) is 18.4 Å². The number of ketones is 1. The van der Waals surface area contributed by atoms with Crippen molar-refractivity contribution in [1.82, 2.24) is 0 Å². The summed E-state index contributed by atoms with van der Waals surface area (Å²) in [6.07, 6.45) is 0. The molecular weight excluding hydrogens is 466 g/mol. The summed E-state index contributed by atoms with van der Waals surface area (Å²) >= 11 is 0. The van der Waals surface area contributed by atoms with Gasteiger partial charge in [-0.1, -0.05) is 42.0 Å². The van der Waals surface area contributed by atoms with E-state index in [1.54, 1.807) is 42.5 Å². The van der Waals surface area contributed by atoms with Crippen LogP contribution in [0, 0.1) is 18.7 Å². The van der Waals surface area contributed by atoms with E-state index < -0.39 is 33.3 Å². The van der Waals surface area contributed by atoms with Crippen LogP contribution in [0.5, 0.6) is 0 Å². The van der Waals surface area contributed by atoms with Gasteiger partial charge in [0.1, 0.15) is 11.7 Å². The number of nitrogens with zero attached hydrogens (tertiary/aromatic N) is 2. The minimum absolute atomic E-state index is 0. The number of Topliss-reactive ketones (excluding diaryl/α,β-unsaturated/α-hetero) is 1. The van der Waals surface area contributed by atoms with Crippen LogP contribution in [0.3, 0.4) is 0 Å². The molecule has 0 radical (unpaired) electrons. The van der Waals surface area contributed by atoms with Gasteiger partial charge < -0.3 is 10.2 Å². The van der Waals surface area contributed by atoms with E-state index >= 15 is 0 Å². The van der Waals surface area contributed by atoms with Crippen LogP contribution in [0.15, 0.2) is 82.7 Å². The zero-order chi connectivity index (χ0) is 23.3. The number of anilines is 1. The van der Waals surface area contributed by atoms with Crippen LogP contribution in [0.4, 0.5) is 15.8 Å². The number of amides is 1. The molecule has 2 aliphatic heterocycles. The van der Waals surface area contributed by atoms with Crippen molar-refractivity contribution >= 4 is 32.9 Å². The molecule has 0 saturated heterocycles. The molecule has 0 spiro atoms. The molecule has 1 amide bonds. The number of sulfone groups is 1. The van der Waals surface area contributed by atoms with E-state index in [0.717, 1.165) is 11.0 Å². The third-order valence-electron chi connectivity index (χ3n) is 5.73. The minimum atomic E-state index is -3.87. The second-order valence-electron chi connectivity index (χ2n) is 8.04. The van der Waals surface area contributed by atoms with Gasteiger partial charge in [0.05, 0.1) is 17.1 Å². The smallest absolute Gasteiger partial charge is 0.659 e. The number of para-hydroxylation sites is 1. The van der Waals surface area contributed by atoms with E-state index in [1.807, 2.05) is 6.92 Å². The number of carbonyl (C=O) groups is 2. The van der Waals surface area contributed by atoms with E-state index in [-0.39, 0.29) is 52.4 Å². The minimum Gasteiger partial charge on any atom is -0.659 e. The summed E-state index contributed by atoms with van der Waals surface area (Å²) in [5.74, 6) is -2.88. The molecule has 0 aliphatic carbocycles. The molecule has 0 aromatic heterocycles. The number of hydrogen-bond acceptors (Lipinski definition) is 4. The van der Waals surface area contributed by atoms with Gasteiger partial charge in [-0.25, -0.2) is 12.8 Å². The van der Waals surface area contributed by atoms with Crippen molar-refractivity contribution in [3.63, 3.8) is 0 Å². The Bertz CT molecular complexity index is 1450. The molecule has 1 unspecified atom stereocenters. The van der Waals surface area contributed by atoms with E-state index in [0.29, 0.717) is 16.8 Å². The fraction of sp³-hybridized carbons (Fsp3) is 0.120. The van der Waals surface area contributed by atoms with Gasteiger partial charge >= 0.3 is 29.6 Å². The molecule has 9 heteroatoms. The van der Waals surface area contributed by atoms with Crippen LogP contribution >= 0.6 is 0 Å². The molecule has 34 heavy (non-hydrogen) atoms. The number of halogens is 1. The molecule has 2 heterocycles. The molecule has 0 N–H and O–H groups in total. The zero-order valence-corrected chi connectivity index (χ0v) is 21.3. The second-order valence-corrected chi connectivity index (χ2v) is 9.80. The van der Waals surface area contributed by atoms with Crippen LogP contribution in [-0.4, -0.2) is 20.1 Å². The Kier molecular flexibility index (Phi) is 6.52. The average molecular weight is 484 g/mol. The predicted octanol–water partition coefficient (Wildman–Crippen LogP) is 1.82. The predicted molar refractivity (Wildman–Crippen MR) is 121 cm³/mol. The Labute approximate surface area is 218 Å². The summed E-state index contributed by atoms with van der Waals surface area (Å²) in [4.78, 5) is 28.5. The standard InChI is InChI=1S/C25H18FN2O4S.Na/c1-15-6-11-21-18(12-15)24(29)23(25(30)28(21)13-16-7-9-17(26)10-8-16)20-14-33(31,32)22-5-3-2-4-19(22)27-20;/h2-12,14,23H,13H2,1H3;/q-1;+1. The first-order chi connectivity index (χ1) is 15.7. The van der Waals surface area contributed by atoms with Gasteiger partial charge in [-0.15, -0.1) is 11.4 Å². The van der Waals surface area contributed by atoms with Gasteiger partial charge in [0, 0.05) is 11.0 Å². The van der Waals surface area contributed by atoms with Crippen molar-refractivity contribution in [1.29, 1.82) is 0 Å². The normalized spacial score (nSPS) is 18.2. The number of hydrogen-bond donors (Lipinski definition) is 0. The van der Waals surface area contributed by atoms with Gasteiger partial charge in [0.2, 0.25) is 5.91 Å². The van der Waals surface area contributed by atoms with Crippen molar-refractivity contribution < 1.29 is 52.0 Å². The topological polar surface area (TPSA) is 85.6 Å². The number of rotatable bonds is 3. The molecule has 2 aliphatic rings. The Hall–Kier alpha value is -2.78. The molecule has 0 fully saturated rings. The van der Waals surface area contributed by atoms with E-state index in [2.05, 4.69) is 5.32 Å². The summed E-state index contributed by atoms with van der Waals surface area (Å²) in [5.41, 5.74) is 2.31. The zero-order valence-electron chi connectivity index (χ0n) is 18.5. The third kappa shape index (κ3) is 4.22. The second kappa shape index (κ2) is 9.11. The Morgan fingerprint density at radius 1 is 1.00 bits per heavy atom. The summed E-state index contributed by atoms with van der Waals surface area (Å²) in [5, 5.41) is 5.29. The SMILES string of the molecule is Cc1ccc2c(c1)C(=O)C(C1=CS(=O)(=O)c3ccccc3[N-]1)C(=O)N2Cc1ccc(F)cc1.[Na+]. The molecule has 3 aromatic carbocycles. The summed E-state index contributed by atoms with van der Waals surface area (Å²) in [6, 6.07) is 17.1. The van der Waals surface area contributed by atoms with Crippen LogP contribution in [0.2, 0.25) is 0 Å². The van der Waals surface area contributed by atoms with Gasteiger partial charge in [0.25, 0.3) is 0 Å². The maximum atomic E-state index is 13.6. The summed E-state index contributed by atoms with van der Waals surface area (Å²) in [7, 11) is -3.87. The van der Waals surface area contributed by atoms with Crippen molar-refractivity contribution in [3.8, 4) is 0 Å². The quantitative estimate of drug-likeness (QED) is 0.419. The van der Waals surface area contributed by atoms with Crippen LogP contribution in [0.1, 0.15) is 21.5 Å². The van der Waals surface area contributed by atoms with Crippen molar-refractivity contribution in [2.24, 2.45) is 5.92 Å². The van der Waals surface area contributed by atoms with Crippen molar-refractivity contribution in [2.75, 3.05) is 4.90 Å². The van der Waals surface area contributed by atoms with Gasteiger partial charge in [0.15, 0.2) is 15.6 Å². The van der Waals surface area contributed by atoms with Gasteiger partial charge in [-0.3, -0.25) is 9.59 Å². The third-order valence-corrected chi connectivity index (χ3v) is 7.24. The molecule has 0 bridgehead atoms. The Morgan fingerprint density at radius 2 is 1.71 bits per heavy atom. The van der Waals surface area contributed by atoms with Crippen LogP contribution in [-0.2, 0) is 21.2 Å². The van der Waals surface area contributed by atoms with E-state index in [1.165, 1.54) is 29.2 Å². The fourth-order valence-electron chi connectivity index (χ4n) is 4.13. The molecule has 166 valence electrons. The van der Waals surface area contributed by atoms with Crippen molar-refractivity contribution in [3.05, 3.63) is 106 Å². The first kappa shape index (κ1) is 24.3. The molecule has 6 nitrogen and oxygen atoms in total. The number of benzene rings is 3. The summed E-state index contributed by atoms with van der Waals surface area (Å²) in [6.45, 7) is 1.92. The molecule has 1 atom stereocenters. The first-order valence-corrected chi connectivity index (χ1v) is 11.8. The Morgan fingerprint density at radius 3 is 2.44 bits per heavy atom. The largest absolute Gasteiger partial charge is 1.00 e. The fourth-order valence-corrected chi connectivity index (χ4v) is 5.44. The number of carbonyl (C=O) groups excluding carboxylic acids is 2. The maximum Gasteiger partial charge on any atom is 1.00 e. The summed E-state index contributed by atoms with van der Waals surface area (Å²) < 4.78 is 39.0. The number of fused-ring (bicyclic) bond motifs is 2.